The van der Waals surface area contributed by atoms with Gasteiger partial charge in [-0.05, 0) is 12.1 Å². The van der Waals surface area contributed by atoms with Crippen LogP contribution in [0, 0.1) is 5.82 Å². The lowest BCUT2D eigenvalue weighted by atomic mass is 10.1. The van der Waals surface area contributed by atoms with E-state index in [0.717, 1.165) is 5.56 Å². The van der Waals surface area contributed by atoms with Gasteiger partial charge < -0.3 is 0 Å². The largest absolute Gasteiger partial charge is 0.259 e. The van der Waals surface area contributed by atoms with Crippen molar-refractivity contribution in [1.29, 1.82) is 0 Å². The zero-order valence-electron chi connectivity index (χ0n) is 11.8. The molecule has 0 bridgehead atoms. The van der Waals surface area contributed by atoms with Crippen molar-refractivity contribution in [1.82, 2.24) is 20.4 Å². The van der Waals surface area contributed by atoms with E-state index in [9.17, 15) is 4.39 Å². The van der Waals surface area contributed by atoms with Crippen LogP contribution in [0.5, 0.6) is 0 Å². The van der Waals surface area contributed by atoms with Gasteiger partial charge >= 0.3 is 0 Å². The standard InChI is InChI=1S/C17H10ClFN4/c18-14-13-15(11-7-4-8-12(19)9-11)20-22-17(13)23-21-16(14)10-5-2-1-3-6-10/h1-9H,(H,20,22,23). The number of fused-ring (bicyclic) bond motifs is 1. The number of halogens is 2. The minimum atomic E-state index is -0.333. The summed E-state index contributed by atoms with van der Waals surface area (Å²) in [5, 5.41) is 16.4. The van der Waals surface area contributed by atoms with Crippen LogP contribution in [0.25, 0.3) is 33.5 Å². The monoisotopic (exact) mass is 324 g/mol. The quantitative estimate of drug-likeness (QED) is 0.591. The number of aromatic amines is 1. The maximum atomic E-state index is 13.5. The second-order valence-electron chi connectivity index (χ2n) is 5.03. The summed E-state index contributed by atoms with van der Waals surface area (Å²) < 4.78 is 13.5. The van der Waals surface area contributed by atoms with E-state index in [2.05, 4.69) is 20.4 Å². The second kappa shape index (κ2) is 5.44. The topological polar surface area (TPSA) is 54.5 Å². The van der Waals surface area contributed by atoms with Crippen molar-refractivity contribution in [2.45, 2.75) is 0 Å². The number of nitrogens with zero attached hydrogens (tertiary/aromatic N) is 3. The number of nitrogens with one attached hydrogen (secondary N) is 1. The highest BCUT2D eigenvalue weighted by Crippen LogP contribution is 2.36. The SMILES string of the molecule is Fc1cccc(-c2n[nH]c3nnc(-c4ccccc4)c(Cl)c23)c1. The maximum Gasteiger partial charge on any atom is 0.180 e. The summed E-state index contributed by atoms with van der Waals surface area (Å²) in [5.74, 6) is -0.333. The Morgan fingerprint density at radius 3 is 2.43 bits per heavy atom. The van der Waals surface area contributed by atoms with Crippen molar-refractivity contribution in [3.8, 4) is 22.5 Å². The number of hydrogen-bond acceptors (Lipinski definition) is 3. The van der Waals surface area contributed by atoms with Crippen molar-refractivity contribution in [2.75, 3.05) is 0 Å². The molecule has 0 atom stereocenters. The fraction of sp³-hybridized carbons (Fsp3) is 0. The number of hydrogen-bond donors (Lipinski definition) is 1. The summed E-state index contributed by atoms with van der Waals surface area (Å²) in [6.07, 6.45) is 0. The van der Waals surface area contributed by atoms with Crippen molar-refractivity contribution in [3.05, 3.63) is 65.4 Å². The Kier molecular flexibility index (Phi) is 3.28. The van der Waals surface area contributed by atoms with Crippen LogP contribution in [-0.4, -0.2) is 20.4 Å². The number of H-pyrrole nitrogens is 1. The van der Waals surface area contributed by atoms with E-state index >= 15 is 0 Å². The van der Waals surface area contributed by atoms with E-state index in [-0.39, 0.29) is 5.82 Å². The molecular weight excluding hydrogens is 315 g/mol. The molecule has 4 aromatic rings. The average Bonchev–Trinajstić information content (AvgIpc) is 3.01. The molecule has 0 fully saturated rings. The maximum absolute atomic E-state index is 13.5. The van der Waals surface area contributed by atoms with Crippen molar-refractivity contribution >= 4 is 22.6 Å². The van der Waals surface area contributed by atoms with Crippen LogP contribution in [0.15, 0.2) is 54.6 Å². The summed E-state index contributed by atoms with van der Waals surface area (Å²) in [6, 6.07) is 15.7. The van der Waals surface area contributed by atoms with Crippen molar-refractivity contribution < 1.29 is 4.39 Å². The average molecular weight is 325 g/mol. The third kappa shape index (κ3) is 2.35. The molecule has 0 aliphatic carbocycles. The molecule has 23 heavy (non-hydrogen) atoms. The molecule has 0 amide bonds. The van der Waals surface area contributed by atoms with Gasteiger partial charge in [0.2, 0.25) is 0 Å². The molecule has 4 nitrogen and oxygen atoms in total. The van der Waals surface area contributed by atoms with Gasteiger partial charge in [-0.2, -0.15) is 5.10 Å². The van der Waals surface area contributed by atoms with Gasteiger partial charge in [-0.3, -0.25) is 5.10 Å². The summed E-state index contributed by atoms with van der Waals surface area (Å²) in [6.45, 7) is 0. The highest BCUT2D eigenvalue weighted by atomic mass is 35.5. The first-order valence-corrected chi connectivity index (χ1v) is 7.33. The predicted octanol–water partition coefficient (Wildman–Crippen LogP) is 4.48. The Hall–Kier alpha value is -2.79. The fourth-order valence-corrected chi connectivity index (χ4v) is 2.83. The van der Waals surface area contributed by atoms with E-state index in [1.165, 1.54) is 12.1 Å². The van der Waals surface area contributed by atoms with E-state index in [1.54, 1.807) is 12.1 Å². The molecule has 6 heteroatoms. The Balaban J connectivity index is 1.98. The molecule has 112 valence electrons. The molecule has 0 aliphatic heterocycles. The van der Waals surface area contributed by atoms with Crippen LogP contribution < -0.4 is 0 Å². The Morgan fingerprint density at radius 1 is 0.870 bits per heavy atom. The smallest absolute Gasteiger partial charge is 0.180 e. The molecule has 2 aromatic carbocycles. The van der Waals surface area contributed by atoms with E-state index in [1.807, 2.05) is 30.3 Å². The van der Waals surface area contributed by atoms with Gasteiger partial charge in [0.1, 0.15) is 17.2 Å². The van der Waals surface area contributed by atoms with E-state index in [0.29, 0.717) is 33.0 Å². The highest BCUT2D eigenvalue weighted by Gasteiger charge is 2.18. The van der Waals surface area contributed by atoms with Crippen molar-refractivity contribution in [2.24, 2.45) is 0 Å². The van der Waals surface area contributed by atoms with E-state index < -0.39 is 0 Å². The van der Waals surface area contributed by atoms with Gasteiger partial charge in [0.25, 0.3) is 0 Å². The van der Waals surface area contributed by atoms with Crippen LogP contribution >= 0.6 is 11.6 Å². The van der Waals surface area contributed by atoms with Gasteiger partial charge in [-0.25, -0.2) is 4.39 Å². The third-order valence-electron chi connectivity index (χ3n) is 3.57. The molecular formula is C17H10ClFN4. The minimum Gasteiger partial charge on any atom is -0.259 e. The molecule has 2 heterocycles. The lowest BCUT2D eigenvalue weighted by molar-refractivity contribution is 0.628. The summed E-state index contributed by atoms with van der Waals surface area (Å²) in [5.41, 5.74) is 3.08. The summed E-state index contributed by atoms with van der Waals surface area (Å²) in [7, 11) is 0. The van der Waals surface area contributed by atoms with Crippen LogP contribution in [-0.2, 0) is 0 Å². The Labute approximate surface area is 136 Å². The van der Waals surface area contributed by atoms with Gasteiger partial charge in [-0.1, -0.05) is 54.1 Å². The molecule has 0 saturated carbocycles. The van der Waals surface area contributed by atoms with Crippen molar-refractivity contribution in [3.63, 3.8) is 0 Å². The molecule has 0 saturated heterocycles. The molecule has 1 N–H and O–H groups in total. The molecule has 2 aromatic heterocycles. The minimum absolute atomic E-state index is 0.333. The third-order valence-corrected chi connectivity index (χ3v) is 3.94. The first-order chi connectivity index (χ1) is 11.2. The van der Waals surface area contributed by atoms with Gasteiger partial charge in [0.05, 0.1) is 10.4 Å². The lowest BCUT2D eigenvalue weighted by Gasteiger charge is -2.04. The van der Waals surface area contributed by atoms with Gasteiger partial charge in [0.15, 0.2) is 5.65 Å². The van der Waals surface area contributed by atoms with Gasteiger partial charge in [-0.15, -0.1) is 10.2 Å². The van der Waals surface area contributed by atoms with Gasteiger partial charge in [0, 0.05) is 11.1 Å². The summed E-state index contributed by atoms with van der Waals surface area (Å²) >= 11 is 6.56. The van der Waals surface area contributed by atoms with E-state index in [4.69, 9.17) is 11.6 Å². The highest BCUT2D eigenvalue weighted by molar-refractivity contribution is 6.38. The summed E-state index contributed by atoms with van der Waals surface area (Å²) in [4.78, 5) is 0. The Bertz CT molecular complexity index is 998. The first-order valence-electron chi connectivity index (χ1n) is 6.95. The zero-order chi connectivity index (χ0) is 15.8. The zero-order valence-corrected chi connectivity index (χ0v) is 12.5. The first kappa shape index (κ1) is 13.8. The number of rotatable bonds is 2. The molecule has 4 rings (SSSR count). The molecule has 0 spiro atoms. The van der Waals surface area contributed by atoms with Crippen LogP contribution in [0.1, 0.15) is 0 Å². The van der Waals surface area contributed by atoms with Crippen LogP contribution in [0.2, 0.25) is 5.02 Å². The molecule has 0 aliphatic rings. The molecule has 0 unspecified atom stereocenters. The number of benzene rings is 2. The lowest BCUT2D eigenvalue weighted by Crippen LogP contribution is -1.91. The van der Waals surface area contributed by atoms with Crippen LogP contribution in [0.3, 0.4) is 0 Å². The fourth-order valence-electron chi connectivity index (χ4n) is 2.50. The normalized spacial score (nSPS) is 11.0. The predicted molar refractivity (Wildman–Crippen MR) is 87.5 cm³/mol. The Morgan fingerprint density at radius 2 is 1.65 bits per heavy atom. The van der Waals surface area contributed by atoms with Crippen LogP contribution in [0.4, 0.5) is 4.39 Å². The molecule has 0 radical (unpaired) electrons. The second-order valence-corrected chi connectivity index (χ2v) is 5.41. The number of aromatic nitrogens is 4.